The molecule has 5 nitrogen and oxygen atoms in total. The van der Waals surface area contributed by atoms with Gasteiger partial charge in [0.25, 0.3) is 0 Å². The molecule has 2 N–H and O–H groups in total. The summed E-state index contributed by atoms with van der Waals surface area (Å²) in [6, 6.07) is 0. The van der Waals surface area contributed by atoms with Gasteiger partial charge in [-0.3, -0.25) is 0 Å². The van der Waals surface area contributed by atoms with Crippen molar-refractivity contribution < 1.29 is 26.0 Å². The summed E-state index contributed by atoms with van der Waals surface area (Å²) in [6.07, 6.45) is -2.33. The first-order valence-electron chi connectivity index (χ1n) is 0.612. The van der Waals surface area contributed by atoms with E-state index in [9.17, 15) is 0 Å². The van der Waals surface area contributed by atoms with Crippen molar-refractivity contribution in [2.45, 2.75) is 0 Å². The van der Waals surface area contributed by atoms with E-state index in [1.165, 1.54) is 0 Å². The zero-order chi connectivity index (χ0) is 3.58. The second-order valence-corrected chi connectivity index (χ2v) is 0.250. The summed E-state index contributed by atoms with van der Waals surface area (Å²) in [4.78, 5) is 8.33. The minimum atomic E-state index is -2.33. The molecule has 8 heavy (non-hydrogen) atoms. The van der Waals surface area contributed by atoms with E-state index in [2.05, 4.69) is 0 Å². The van der Waals surface area contributed by atoms with Crippen LogP contribution in [0.3, 0.4) is 0 Å². The van der Waals surface area contributed by atoms with Gasteiger partial charge in [-0.1, -0.05) is 0 Å². The molecule has 0 aliphatic rings. The first kappa shape index (κ1) is 37.5. The molecular formula is CH2Mg2O5. The minimum absolute atomic E-state index is 0. The summed E-state index contributed by atoms with van der Waals surface area (Å²) in [7, 11) is 0. The fourth-order valence-corrected chi connectivity index (χ4v) is 0. The van der Waals surface area contributed by atoms with Crippen LogP contribution in [0.4, 0.5) is 4.79 Å². The zero-order valence-corrected chi connectivity index (χ0v) is 6.86. The average Bonchev–Trinajstić information content (AvgIpc) is 0.811. The summed E-state index contributed by atoms with van der Waals surface area (Å²) >= 11 is 0. The van der Waals surface area contributed by atoms with Gasteiger partial charge in [0, 0.05) is 0 Å². The van der Waals surface area contributed by atoms with Gasteiger partial charge in [0.2, 0.25) is 0 Å². The van der Waals surface area contributed by atoms with Crippen LogP contribution in [0.1, 0.15) is 0 Å². The molecule has 0 aliphatic heterocycles. The molecule has 0 rings (SSSR count). The van der Waals surface area contributed by atoms with Crippen LogP contribution in [-0.2, 0) is 0 Å². The summed E-state index contributed by atoms with van der Waals surface area (Å²) < 4.78 is 0. The second-order valence-electron chi connectivity index (χ2n) is 0.250. The number of carboxylic acid groups (broad SMARTS) is 2. The summed E-state index contributed by atoms with van der Waals surface area (Å²) in [5, 5.41) is 16.7. The number of hydrogen-bond donors (Lipinski definition) is 0. The molecule has 0 radical (unpaired) electrons. The molecule has 0 heterocycles. The first-order chi connectivity index (χ1) is 1.73. The van der Waals surface area contributed by atoms with Gasteiger partial charge in [0.15, 0.2) is 0 Å². The fourth-order valence-electron chi connectivity index (χ4n) is 0. The summed E-state index contributed by atoms with van der Waals surface area (Å²) in [5.74, 6) is 0. The minimum Gasteiger partial charge on any atom is -0.870 e. The molecule has 0 aromatic rings. The molecule has 40 valence electrons. The number of carbonyl (C=O) groups is 1. The Kier molecular flexibility index (Phi) is 118. The van der Waals surface area contributed by atoms with Crippen molar-refractivity contribution in [2.75, 3.05) is 0 Å². The van der Waals surface area contributed by atoms with Gasteiger partial charge in [-0.2, -0.15) is 0 Å². The Balaban J connectivity index is -0.00000000750. The second kappa shape index (κ2) is 25.2. The smallest absolute Gasteiger partial charge is 0.870 e. The quantitative estimate of drug-likeness (QED) is 0.324. The van der Waals surface area contributed by atoms with Crippen LogP contribution in [0.15, 0.2) is 0 Å². The van der Waals surface area contributed by atoms with Crippen LogP contribution in [0.5, 0.6) is 0 Å². The fraction of sp³-hybridized carbons (Fsp3) is 0. The molecule has 0 saturated heterocycles. The standard InChI is InChI=1S/CH2O3.2Mg.2H2O/c2-1(3)4;;;;/h(H2,2,3,4);;;2*1H2/q;2*+2;;/p-4. The molecule has 0 unspecified atom stereocenters. The van der Waals surface area contributed by atoms with Gasteiger partial charge >= 0.3 is 46.1 Å². The molecule has 7 heteroatoms. The largest absolute Gasteiger partial charge is 2.00 e. The first-order valence-corrected chi connectivity index (χ1v) is 0.612. The van der Waals surface area contributed by atoms with Gasteiger partial charge < -0.3 is 26.0 Å². The van der Waals surface area contributed by atoms with Gasteiger partial charge in [-0.05, 0) is 6.16 Å². The van der Waals surface area contributed by atoms with E-state index in [-0.39, 0.29) is 57.1 Å². The van der Waals surface area contributed by atoms with E-state index in [0.717, 1.165) is 0 Å². The van der Waals surface area contributed by atoms with Crippen molar-refractivity contribution in [2.24, 2.45) is 0 Å². The zero-order valence-electron chi connectivity index (χ0n) is 4.03. The van der Waals surface area contributed by atoms with E-state index in [1.807, 2.05) is 0 Å². The third-order valence-corrected chi connectivity index (χ3v) is 0. The van der Waals surface area contributed by atoms with Gasteiger partial charge in [0.05, 0.1) is 0 Å². The SMILES string of the molecule is O=C([O-])[O-].[Mg+2].[Mg+2].[OH-].[OH-]. The van der Waals surface area contributed by atoms with E-state index in [1.54, 1.807) is 0 Å². The van der Waals surface area contributed by atoms with Crippen molar-refractivity contribution in [3.05, 3.63) is 0 Å². The molecule has 0 amide bonds. The summed E-state index contributed by atoms with van der Waals surface area (Å²) in [6.45, 7) is 0. The monoisotopic (exact) mass is 142 g/mol. The number of rotatable bonds is 0. The Morgan fingerprint density at radius 3 is 1.00 bits per heavy atom. The molecule has 0 saturated carbocycles. The van der Waals surface area contributed by atoms with E-state index in [0.29, 0.717) is 0 Å². The Bertz CT molecular complexity index is 33.4. The maximum atomic E-state index is 8.33. The molecular weight excluding hydrogens is 141 g/mol. The topological polar surface area (TPSA) is 123 Å². The Labute approximate surface area is 78.0 Å². The maximum absolute atomic E-state index is 8.33. The van der Waals surface area contributed by atoms with Crippen molar-refractivity contribution in [3.63, 3.8) is 0 Å². The molecule has 0 fully saturated rings. The molecule has 0 spiro atoms. The number of hydrogen-bond acceptors (Lipinski definition) is 5. The summed E-state index contributed by atoms with van der Waals surface area (Å²) in [5.41, 5.74) is 0. The van der Waals surface area contributed by atoms with Crippen LogP contribution in [0, 0.1) is 0 Å². The average molecular weight is 143 g/mol. The van der Waals surface area contributed by atoms with Crippen LogP contribution in [0.2, 0.25) is 0 Å². The van der Waals surface area contributed by atoms with Gasteiger partial charge in [0.1, 0.15) is 0 Å². The molecule has 0 aromatic carbocycles. The molecule has 0 aromatic heterocycles. The predicted octanol–water partition coefficient (Wildman–Crippen LogP) is -3.56. The van der Waals surface area contributed by atoms with Gasteiger partial charge in [-0.25, -0.2) is 0 Å². The molecule has 0 aliphatic carbocycles. The predicted molar refractivity (Wildman–Crippen MR) is 20.8 cm³/mol. The van der Waals surface area contributed by atoms with Gasteiger partial charge in [-0.15, -0.1) is 0 Å². The van der Waals surface area contributed by atoms with Crippen LogP contribution >= 0.6 is 0 Å². The van der Waals surface area contributed by atoms with E-state index in [4.69, 9.17) is 15.0 Å². The van der Waals surface area contributed by atoms with Crippen molar-refractivity contribution in [3.8, 4) is 0 Å². The third kappa shape index (κ3) is 422. The Hall–Kier alpha value is 0.722. The van der Waals surface area contributed by atoms with E-state index < -0.39 is 6.16 Å². The Morgan fingerprint density at radius 1 is 1.00 bits per heavy atom. The third-order valence-electron chi connectivity index (χ3n) is 0. The number of carbonyl (C=O) groups excluding carboxylic acids is 1. The van der Waals surface area contributed by atoms with Crippen molar-refractivity contribution >= 4 is 52.3 Å². The normalized spacial score (nSPS) is 3.00. The molecule has 0 atom stereocenters. The van der Waals surface area contributed by atoms with Crippen molar-refractivity contribution in [1.29, 1.82) is 0 Å². The Morgan fingerprint density at radius 2 is 1.00 bits per heavy atom. The van der Waals surface area contributed by atoms with Crippen LogP contribution in [0.25, 0.3) is 0 Å². The van der Waals surface area contributed by atoms with E-state index >= 15 is 0 Å². The van der Waals surface area contributed by atoms with Crippen molar-refractivity contribution in [1.82, 2.24) is 0 Å². The maximum Gasteiger partial charge on any atom is 2.00 e. The van der Waals surface area contributed by atoms with Crippen LogP contribution in [-0.4, -0.2) is 63.2 Å². The molecule has 0 bridgehead atoms. The van der Waals surface area contributed by atoms with Crippen LogP contribution < -0.4 is 10.2 Å².